The van der Waals surface area contributed by atoms with Crippen molar-refractivity contribution in [2.24, 2.45) is 7.05 Å². The number of carbonyl (C=O) groups is 1. The molecule has 5 rings (SSSR count). The Morgan fingerprint density at radius 2 is 1.84 bits per heavy atom. The molecule has 31 heavy (non-hydrogen) atoms. The number of aromatic nitrogens is 5. The SMILES string of the molecule is Cc1ncc(-c2cnc3cnc(NC(=O)c4ccnc(N5CCCC5)c4)cc3c2)n1C. The summed E-state index contributed by atoms with van der Waals surface area (Å²) in [5.74, 6) is 2.05. The second kappa shape index (κ2) is 7.79. The van der Waals surface area contributed by atoms with Crippen LogP contribution in [0.4, 0.5) is 11.6 Å². The van der Waals surface area contributed by atoms with Gasteiger partial charge in [0.25, 0.3) is 5.91 Å². The Morgan fingerprint density at radius 3 is 2.61 bits per heavy atom. The highest BCUT2D eigenvalue weighted by atomic mass is 16.1. The number of nitrogens with one attached hydrogen (secondary N) is 1. The summed E-state index contributed by atoms with van der Waals surface area (Å²) in [7, 11) is 1.98. The number of nitrogens with zero attached hydrogens (tertiary/aromatic N) is 6. The molecular weight excluding hydrogens is 390 g/mol. The first-order chi connectivity index (χ1) is 15.1. The van der Waals surface area contributed by atoms with Crippen LogP contribution in [0.15, 0.2) is 49.1 Å². The van der Waals surface area contributed by atoms with Crippen molar-refractivity contribution in [2.75, 3.05) is 23.3 Å². The Morgan fingerprint density at radius 1 is 1.00 bits per heavy atom. The van der Waals surface area contributed by atoms with Crippen molar-refractivity contribution in [3.05, 3.63) is 60.4 Å². The number of pyridine rings is 3. The lowest BCUT2D eigenvalue weighted by Crippen LogP contribution is -2.20. The average Bonchev–Trinajstić information content (AvgIpc) is 3.44. The van der Waals surface area contributed by atoms with Crippen molar-refractivity contribution in [1.29, 1.82) is 0 Å². The first-order valence-corrected chi connectivity index (χ1v) is 10.4. The van der Waals surface area contributed by atoms with Gasteiger partial charge >= 0.3 is 0 Å². The molecule has 5 heterocycles. The van der Waals surface area contributed by atoms with Gasteiger partial charge in [-0.05, 0) is 44.0 Å². The lowest BCUT2D eigenvalue weighted by atomic mass is 10.1. The van der Waals surface area contributed by atoms with Crippen LogP contribution in [0.2, 0.25) is 0 Å². The highest BCUT2D eigenvalue weighted by Gasteiger charge is 2.16. The Bertz CT molecular complexity index is 1270. The maximum absolute atomic E-state index is 12.8. The summed E-state index contributed by atoms with van der Waals surface area (Å²) in [4.78, 5) is 32.7. The van der Waals surface area contributed by atoms with E-state index in [2.05, 4.69) is 30.2 Å². The number of rotatable bonds is 4. The molecular formula is C23H23N7O. The number of aryl methyl sites for hydroxylation is 1. The van der Waals surface area contributed by atoms with Crippen molar-refractivity contribution in [1.82, 2.24) is 24.5 Å². The molecule has 1 aliphatic heterocycles. The number of hydrogen-bond acceptors (Lipinski definition) is 6. The number of carbonyl (C=O) groups excluding carboxylic acids is 1. The molecule has 0 atom stereocenters. The van der Waals surface area contributed by atoms with Gasteiger partial charge in [0.15, 0.2) is 0 Å². The lowest BCUT2D eigenvalue weighted by molar-refractivity contribution is 0.102. The predicted molar refractivity (Wildman–Crippen MR) is 120 cm³/mol. The Hall–Kier alpha value is -3.81. The van der Waals surface area contributed by atoms with Crippen molar-refractivity contribution >= 4 is 28.4 Å². The van der Waals surface area contributed by atoms with Crippen molar-refractivity contribution < 1.29 is 4.79 Å². The van der Waals surface area contributed by atoms with Crippen LogP contribution in [0.25, 0.3) is 22.2 Å². The fourth-order valence-corrected chi connectivity index (χ4v) is 3.88. The molecule has 1 N–H and O–H groups in total. The van der Waals surface area contributed by atoms with E-state index in [1.165, 1.54) is 0 Å². The standard InChI is InChI=1S/C23H23N7O/c1-15-25-14-20(29(15)2)18-9-17-10-21(27-13-19(17)26-12-18)28-23(31)16-5-6-24-22(11-16)30-7-3-4-8-30/h5-6,9-14H,3-4,7-8H2,1-2H3,(H,27,28,31). The number of imidazole rings is 1. The van der Waals surface area contributed by atoms with E-state index in [1.807, 2.05) is 49.1 Å². The minimum atomic E-state index is -0.207. The zero-order valence-electron chi connectivity index (χ0n) is 17.5. The molecule has 1 amide bonds. The monoisotopic (exact) mass is 413 g/mol. The molecule has 0 saturated carbocycles. The molecule has 0 radical (unpaired) electrons. The van der Waals surface area contributed by atoms with Crippen LogP contribution >= 0.6 is 0 Å². The van der Waals surface area contributed by atoms with Crippen LogP contribution in [0.1, 0.15) is 29.0 Å². The molecule has 0 aromatic carbocycles. The fourth-order valence-electron chi connectivity index (χ4n) is 3.88. The molecule has 0 bridgehead atoms. The summed E-state index contributed by atoms with van der Waals surface area (Å²) in [5, 5.41) is 3.80. The van der Waals surface area contributed by atoms with Gasteiger partial charge in [-0.2, -0.15) is 0 Å². The van der Waals surface area contributed by atoms with Crippen LogP contribution in [0.5, 0.6) is 0 Å². The van der Waals surface area contributed by atoms with Gasteiger partial charge in [-0.15, -0.1) is 0 Å². The van der Waals surface area contributed by atoms with E-state index >= 15 is 0 Å². The number of hydrogen-bond donors (Lipinski definition) is 1. The van der Waals surface area contributed by atoms with E-state index in [0.29, 0.717) is 11.4 Å². The molecule has 8 nitrogen and oxygen atoms in total. The Balaban J connectivity index is 1.40. The van der Waals surface area contributed by atoms with Gasteiger partial charge in [-0.1, -0.05) is 0 Å². The third-order valence-electron chi connectivity index (χ3n) is 5.76. The topological polar surface area (TPSA) is 88.8 Å². The number of anilines is 2. The van der Waals surface area contributed by atoms with Gasteiger partial charge in [-0.3, -0.25) is 9.78 Å². The van der Waals surface area contributed by atoms with E-state index in [-0.39, 0.29) is 5.91 Å². The summed E-state index contributed by atoms with van der Waals surface area (Å²) < 4.78 is 2.02. The number of amides is 1. The normalized spacial score (nSPS) is 13.7. The van der Waals surface area contributed by atoms with Crippen LogP contribution in [0, 0.1) is 6.92 Å². The predicted octanol–water partition coefficient (Wildman–Crippen LogP) is 3.59. The summed E-state index contributed by atoms with van der Waals surface area (Å²) in [6.07, 6.45) is 9.33. The van der Waals surface area contributed by atoms with E-state index in [9.17, 15) is 4.79 Å². The quantitative estimate of drug-likeness (QED) is 0.550. The van der Waals surface area contributed by atoms with Gasteiger partial charge in [0.05, 0.1) is 23.6 Å². The second-order valence-corrected chi connectivity index (χ2v) is 7.79. The Kier molecular flexibility index (Phi) is 4.82. The van der Waals surface area contributed by atoms with Crippen LogP contribution in [-0.2, 0) is 7.05 Å². The largest absolute Gasteiger partial charge is 0.357 e. The fraction of sp³-hybridized carbons (Fsp3) is 0.261. The van der Waals surface area contributed by atoms with E-state index in [0.717, 1.165) is 59.7 Å². The van der Waals surface area contributed by atoms with Crippen molar-refractivity contribution in [3.63, 3.8) is 0 Å². The first kappa shape index (κ1) is 19.2. The molecule has 156 valence electrons. The van der Waals surface area contributed by atoms with Gasteiger partial charge in [0.1, 0.15) is 17.5 Å². The molecule has 0 unspecified atom stereocenters. The number of fused-ring (bicyclic) bond motifs is 1. The molecule has 0 spiro atoms. The van der Waals surface area contributed by atoms with Crippen LogP contribution < -0.4 is 10.2 Å². The van der Waals surface area contributed by atoms with Crippen LogP contribution in [0.3, 0.4) is 0 Å². The lowest BCUT2D eigenvalue weighted by Gasteiger charge is -2.16. The molecule has 8 heteroatoms. The molecule has 4 aromatic heterocycles. The minimum absolute atomic E-state index is 0.207. The van der Waals surface area contributed by atoms with E-state index in [1.54, 1.807) is 18.5 Å². The van der Waals surface area contributed by atoms with E-state index < -0.39 is 0 Å². The highest BCUT2D eigenvalue weighted by Crippen LogP contribution is 2.24. The second-order valence-electron chi connectivity index (χ2n) is 7.79. The molecule has 1 aliphatic rings. The zero-order valence-corrected chi connectivity index (χ0v) is 17.5. The van der Waals surface area contributed by atoms with Crippen molar-refractivity contribution in [2.45, 2.75) is 19.8 Å². The molecule has 1 fully saturated rings. The Labute approximate surface area is 180 Å². The summed E-state index contributed by atoms with van der Waals surface area (Å²) >= 11 is 0. The highest BCUT2D eigenvalue weighted by molar-refractivity contribution is 6.04. The molecule has 4 aromatic rings. The molecule has 1 saturated heterocycles. The summed E-state index contributed by atoms with van der Waals surface area (Å²) in [6.45, 7) is 3.93. The van der Waals surface area contributed by atoms with Crippen LogP contribution in [-0.4, -0.2) is 43.5 Å². The smallest absolute Gasteiger partial charge is 0.257 e. The minimum Gasteiger partial charge on any atom is -0.357 e. The molecule has 0 aliphatic carbocycles. The third kappa shape index (κ3) is 3.72. The maximum Gasteiger partial charge on any atom is 0.257 e. The van der Waals surface area contributed by atoms with Gasteiger partial charge in [0, 0.05) is 49.0 Å². The van der Waals surface area contributed by atoms with Crippen molar-refractivity contribution in [3.8, 4) is 11.3 Å². The van der Waals surface area contributed by atoms with Gasteiger partial charge in [-0.25, -0.2) is 15.0 Å². The summed E-state index contributed by atoms with van der Waals surface area (Å²) in [5.41, 5.74) is 3.28. The summed E-state index contributed by atoms with van der Waals surface area (Å²) in [6, 6.07) is 7.44. The maximum atomic E-state index is 12.8. The first-order valence-electron chi connectivity index (χ1n) is 10.4. The third-order valence-corrected chi connectivity index (χ3v) is 5.76. The zero-order chi connectivity index (χ0) is 21.4. The van der Waals surface area contributed by atoms with Gasteiger partial charge < -0.3 is 14.8 Å². The van der Waals surface area contributed by atoms with E-state index in [4.69, 9.17) is 0 Å². The van der Waals surface area contributed by atoms with Gasteiger partial charge in [0.2, 0.25) is 0 Å². The average molecular weight is 413 g/mol.